The van der Waals surface area contributed by atoms with Crippen LogP contribution in [-0.4, -0.2) is 77.8 Å². The molecule has 0 aliphatic rings. The Morgan fingerprint density at radius 3 is 2.64 bits per heavy atom. The summed E-state index contributed by atoms with van der Waals surface area (Å²) in [7, 11) is 9.55. The Morgan fingerprint density at radius 1 is 1.18 bits per heavy atom. The topological polar surface area (TPSA) is 124 Å². The molecule has 11 heteroatoms. The van der Waals surface area contributed by atoms with Crippen LogP contribution in [0.2, 0.25) is 0 Å². The average molecular weight is 533 g/mol. The standard InChI is InChI=1S/C28H36N8O3/c1-17(2)39-27(37)19-15-31-28(33-25(19)20-16-36(6)26-18(20)9-8-10-30-26)32-22-13-21(29)23(14-24(22)38-7)35(5)12-11-34(3)4/h8-10,13-17H,11-12,29H2,1-7H3,(H,31,32,33). The highest BCUT2D eigenvalue weighted by Gasteiger charge is 2.23. The van der Waals surface area contributed by atoms with Crippen molar-refractivity contribution in [3.05, 3.63) is 48.4 Å². The highest BCUT2D eigenvalue weighted by atomic mass is 16.5. The number of ether oxygens (including phenoxy) is 2. The van der Waals surface area contributed by atoms with Crippen LogP contribution in [0, 0.1) is 0 Å². The predicted molar refractivity (Wildman–Crippen MR) is 155 cm³/mol. The fourth-order valence-electron chi connectivity index (χ4n) is 4.25. The van der Waals surface area contributed by atoms with Gasteiger partial charge in [0.05, 0.1) is 36.0 Å². The Kier molecular flexibility index (Phi) is 8.20. The molecule has 206 valence electrons. The number of likely N-dealkylation sites (N-methyl/N-ethyl adjacent to an activating group) is 2. The maximum atomic E-state index is 13.0. The molecule has 3 aromatic heterocycles. The molecule has 39 heavy (non-hydrogen) atoms. The third-order valence-corrected chi connectivity index (χ3v) is 6.23. The fraction of sp³-hybridized carbons (Fsp3) is 0.357. The van der Waals surface area contributed by atoms with Gasteiger partial charge in [0.25, 0.3) is 0 Å². The molecule has 0 radical (unpaired) electrons. The first kappa shape index (κ1) is 27.6. The minimum absolute atomic E-state index is 0.259. The fourth-order valence-corrected chi connectivity index (χ4v) is 4.25. The molecule has 0 saturated heterocycles. The first-order chi connectivity index (χ1) is 18.6. The molecule has 0 bridgehead atoms. The van der Waals surface area contributed by atoms with Crippen LogP contribution in [0.25, 0.3) is 22.3 Å². The van der Waals surface area contributed by atoms with Gasteiger partial charge in [-0.3, -0.25) is 0 Å². The number of hydrogen-bond donors (Lipinski definition) is 2. The van der Waals surface area contributed by atoms with E-state index in [1.807, 2.05) is 57.2 Å². The minimum atomic E-state index is -0.501. The molecule has 0 fully saturated rings. The molecule has 0 unspecified atom stereocenters. The second-order valence-corrected chi connectivity index (χ2v) is 9.90. The van der Waals surface area contributed by atoms with Gasteiger partial charge in [0.2, 0.25) is 5.95 Å². The van der Waals surface area contributed by atoms with Gasteiger partial charge in [0.15, 0.2) is 0 Å². The number of esters is 1. The van der Waals surface area contributed by atoms with Gasteiger partial charge < -0.3 is 34.9 Å². The lowest BCUT2D eigenvalue weighted by molar-refractivity contribution is 0.0378. The van der Waals surface area contributed by atoms with Crippen LogP contribution < -0.4 is 20.7 Å². The Hall–Kier alpha value is -4.38. The number of nitrogens with two attached hydrogens (primary N) is 1. The second-order valence-electron chi connectivity index (χ2n) is 9.90. The van der Waals surface area contributed by atoms with Crippen molar-refractivity contribution < 1.29 is 14.3 Å². The number of benzene rings is 1. The maximum absolute atomic E-state index is 13.0. The van der Waals surface area contributed by atoms with Gasteiger partial charge in [-0.25, -0.2) is 19.7 Å². The molecule has 0 saturated carbocycles. The number of pyridine rings is 1. The Morgan fingerprint density at radius 2 is 1.95 bits per heavy atom. The third kappa shape index (κ3) is 6.04. The highest BCUT2D eigenvalue weighted by Crippen LogP contribution is 2.37. The lowest BCUT2D eigenvalue weighted by atomic mass is 10.1. The van der Waals surface area contributed by atoms with Gasteiger partial charge >= 0.3 is 5.97 Å². The van der Waals surface area contributed by atoms with Crippen molar-refractivity contribution in [1.29, 1.82) is 0 Å². The molecule has 0 atom stereocenters. The normalized spacial score (nSPS) is 11.3. The number of aromatic nitrogens is 4. The Labute approximate surface area is 228 Å². The van der Waals surface area contributed by atoms with Crippen molar-refractivity contribution in [2.45, 2.75) is 20.0 Å². The second kappa shape index (κ2) is 11.6. The zero-order chi connectivity index (χ0) is 28.3. The number of rotatable bonds is 10. The van der Waals surface area contributed by atoms with Crippen molar-refractivity contribution in [3.63, 3.8) is 0 Å². The van der Waals surface area contributed by atoms with Crippen molar-refractivity contribution in [3.8, 4) is 17.0 Å². The number of carbonyl (C=O) groups is 1. The smallest absolute Gasteiger partial charge is 0.342 e. The summed E-state index contributed by atoms with van der Waals surface area (Å²) in [5, 5.41) is 4.08. The average Bonchev–Trinajstić information content (AvgIpc) is 3.23. The van der Waals surface area contributed by atoms with Gasteiger partial charge in [-0.05, 0) is 46.1 Å². The molecule has 0 aliphatic carbocycles. The molecule has 0 amide bonds. The number of aryl methyl sites for hydroxylation is 1. The van der Waals surface area contributed by atoms with E-state index >= 15 is 0 Å². The van der Waals surface area contributed by atoms with Crippen molar-refractivity contribution >= 4 is 40.0 Å². The number of methoxy groups -OCH3 is 1. The zero-order valence-electron chi connectivity index (χ0n) is 23.5. The quantitative estimate of drug-likeness (QED) is 0.229. The van der Waals surface area contributed by atoms with Crippen LogP contribution in [0.4, 0.5) is 23.0 Å². The van der Waals surface area contributed by atoms with Crippen LogP contribution in [0.5, 0.6) is 5.75 Å². The van der Waals surface area contributed by atoms with E-state index < -0.39 is 5.97 Å². The van der Waals surface area contributed by atoms with Gasteiger partial charge in [-0.1, -0.05) is 0 Å². The Bertz CT molecular complexity index is 1480. The molecular weight excluding hydrogens is 496 g/mol. The largest absolute Gasteiger partial charge is 0.494 e. The molecule has 1 aromatic carbocycles. The van der Waals surface area contributed by atoms with Gasteiger partial charge in [-0.15, -0.1) is 0 Å². The number of nitrogen functional groups attached to an aromatic ring is 1. The van der Waals surface area contributed by atoms with Crippen molar-refractivity contribution in [2.24, 2.45) is 7.05 Å². The van der Waals surface area contributed by atoms with E-state index in [1.54, 1.807) is 33.2 Å². The monoisotopic (exact) mass is 532 g/mol. The van der Waals surface area contributed by atoms with E-state index in [9.17, 15) is 4.79 Å². The van der Waals surface area contributed by atoms with Gasteiger partial charge in [0, 0.05) is 62.8 Å². The van der Waals surface area contributed by atoms with E-state index in [0.29, 0.717) is 22.8 Å². The summed E-state index contributed by atoms with van der Waals surface area (Å²) in [5.74, 6) is 0.358. The molecule has 0 spiro atoms. The minimum Gasteiger partial charge on any atom is -0.494 e. The molecular formula is C28H36N8O3. The van der Waals surface area contributed by atoms with Gasteiger partial charge in [-0.2, -0.15) is 0 Å². The number of carbonyl (C=O) groups excluding carboxylic acids is 1. The van der Waals surface area contributed by atoms with Crippen molar-refractivity contribution in [1.82, 2.24) is 24.4 Å². The number of fused-ring (bicyclic) bond motifs is 1. The van der Waals surface area contributed by atoms with Crippen LogP contribution in [-0.2, 0) is 11.8 Å². The van der Waals surface area contributed by atoms with E-state index in [2.05, 4.69) is 25.1 Å². The third-order valence-electron chi connectivity index (χ3n) is 6.23. The molecule has 4 rings (SSSR count). The molecule has 0 aliphatic heterocycles. The summed E-state index contributed by atoms with van der Waals surface area (Å²) in [6.07, 6.45) is 4.81. The summed E-state index contributed by atoms with van der Waals surface area (Å²) in [4.78, 5) is 30.9. The summed E-state index contributed by atoms with van der Waals surface area (Å²) < 4.78 is 13.1. The highest BCUT2D eigenvalue weighted by molar-refractivity contribution is 6.02. The van der Waals surface area contributed by atoms with Gasteiger partial charge in [0.1, 0.15) is 17.0 Å². The van der Waals surface area contributed by atoms with E-state index in [4.69, 9.17) is 20.2 Å². The zero-order valence-corrected chi connectivity index (χ0v) is 23.5. The van der Waals surface area contributed by atoms with Crippen LogP contribution >= 0.6 is 0 Å². The summed E-state index contributed by atoms with van der Waals surface area (Å²) in [5.41, 5.74) is 10.7. The predicted octanol–water partition coefficient (Wildman–Crippen LogP) is 3.93. The summed E-state index contributed by atoms with van der Waals surface area (Å²) in [6.45, 7) is 5.28. The van der Waals surface area contributed by atoms with Crippen molar-refractivity contribution in [2.75, 3.05) is 57.3 Å². The van der Waals surface area contributed by atoms with E-state index in [-0.39, 0.29) is 17.6 Å². The number of nitrogens with one attached hydrogen (secondary N) is 1. The molecule has 3 N–H and O–H groups in total. The van der Waals surface area contributed by atoms with Crippen LogP contribution in [0.15, 0.2) is 42.9 Å². The first-order valence-electron chi connectivity index (χ1n) is 12.7. The van der Waals surface area contributed by atoms with Crippen LogP contribution in [0.3, 0.4) is 0 Å². The maximum Gasteiger partial charge on any atom is 0.342 e. The molecule has 4 aromatic rings. The summed E-state index contributed by atoms with van der Waals surface area (Å²) >= 11 is 0. The number of anilines is 4. The molecule has 3 heterocycles. The number of nitrogens with zero attached hydrogens (tertiary/aromatic N) is 6. The summed E-state index contributed by atoms with van der Waals surface area (Å²) in [6, 6.07) is 7.48. The molecule has 11 nitrogen and oxygen atoms in total. The van der Waals surface area contributed by atoms with E-state index in [1.165, 1.54) is 6.20 Å². The lowest BCUT2D eigenvalue weighted by Gasteiger charge is -2.24. The number of hydrogen-bond acceptors (Lipinski definition) is 10. The lowest BCUT2D eigenvalue weighted by Crippen LogP contribution is -2.29. The Balaban J connectivity index is 1.76. The van der Waals surface area contributed by atoms with Crippen LogP contribution in [0.1, 0.15) is 24.2 Å². The van der Waals surface area contributed by atoms with E-state index in [0.717, 1.165) is 35.4 Å². The first-order valence-corrected chi connectivity index (χ1v) is 12.7. The SMILES string of the molecule is COc1cc(N(C)CCN(C)C)c(N)cc1Nc1ncc(C(=O)OC(C)C)c(-c2cn(C)c3ncccc23)n1.